The molecular weight excluding hydrogens is 540 g/mol. The molecule has 234 valence electrons. The number of fused-ring (bicyclic) bond motifs is 5. The van der Waals surface area contributed by atoms with Gasteiger partial charge in [0.1, 0.15) is 12.2 Å². The van der Waals surface area contributed by atoms with E-state index in [0.717, 1.165) is 19.3 Å². The average Bonchev–Trinajstić information content (AvgIpc) is 3.71. The predicted molar refractivity (Wildman–Crippen MR) is 152 cm³/mol. The Balaban J connectivity index is 1.55. The summed E-state index contributed by atoms with van der Waals surface area (Å²) in [6.45, 7) is 9.86. The quantitative estimate of drug-likeness (QED) is 0.248. The van der Waals surface area contributed by atoms with Crippen molar-refractivity contribution in [2.75, 3.05) is 13.7 Å². The SMILES string of the molecule is COC(=O)CC[C@@H](C)[C@H]1CC[C@H]2[C@H]3[C@H]([C@H](NC(=O)C4CN4)C(=O)[C@]12C)[C@@]1(C)CC[C@@H](OC(C)=O)C[C@H]1C[C@H]3OC(C)=O. The molecular formula is C32H48N2O8. The van der Waals surface area contributed by atoms with E-state index in [0.29, 0.717) is 38.6 Å². The van der Waals surface area contributed by atoms with Crippen molar-refractivity contribution in [1.82, 2.24) is 10.6 Å². The van der Waals surface area contributed by atoms with Crippen LogP contribution in [0.25, 0.3) is 0 Å². The van der Waals surface area contributed by atoms with Gasteiger partial charge in [-0.05, 0) is 80.0 Å². The van der Waals surface area contributed by atoms with Crippen LogP contribution in [0.1, 0.15) is 86.0 Å². The zero-order chi connectivity index (χ0) is 30.6. The first-order chi connectivity index (χ1) is 19.8. The predicted octanol–water partition coefficient (Wildman–Crippen LogP) is 2.95. The number of amides is 1. The number of methoxy groups -OCH3 is 1. The third-order valence-corrected chi connectivity index (χ3v) is 12.0. The van der Waals surface area contributed by atoms with Gasteiger partial charge in [0.15, 0.2) is 5.78 Å². The standard InChI is InChI=1S/C32H48N2O8/c1-16(7-10-25(37)40-6)21-8-9-22-26-24(42-18(3)36)14-19-13-20(41-17(2)35)11-12-31(19,4)27(26)28(29(38)32(21,22)5)34-30(39)23-15-33-23/h16,19-24,26-28,33H,7-15H2,1-6H3,(H,34,39)/t16-,19+,20-,21-,22+,23?,24-,26-,27-,28+,31+,32-/m1/s1. The van der Waals surface area contributed by atoms with Gasteiger partial charge in [0.2, 0.25) is 5.91 Å². The third-order valence-electron chi connectivity index (χ3n) is 12.0. The fraction of sp³-hybridized carbons (Fsp3) is 0.844. The van der Waals surface area contributed by atoms with Gasteiger partial charge >= 0.3 is 17.9 Å². The number of hydrogen-bond acceptors (Lipinski definition) is 9. The lowest BCUT2D eigenvalue weighted by atomic mass is 9.42. The summed E-state index contributed by atoms with van der Waals surface area (Å²) in [5.41, 5.74) is -1.04. The largest absolute Gasteiger partial charge is 0.469 e. The molecule has 0 bridgehead atoms. The summed E-state index contributed by atoms with van der Waals surface area (Å²) in [5, 5.41) is 6.28. The van der Waals surface area contributed by atoms with Gasteiger partial charge in [0.25, 0.3) is 0 Å². The molecule has 10 nitrogen and oxygen atoms in total. The van der Waals surface area contributed by atoms with Crippen LogP contribution < -0.4 is 10.6 Å². The van der Waals surface area contributed by atoms with Crippen LogP contribution in [0.2, 0.25) is 0 Å². The minimum Gasteiger partial charge on any atom is -0.469 e. The van der Waals surface area contributed by atoms with Crippen LogP contribution in [-0.4, -0.2) is 67.5 Å². The van der Waals surface area contributed by atoms with Crippen molar-refractivity contribution in [2.45, 2.75) is 110 Å². The smallest absolute Gasteiger partial charge is 0.305 e. The van der Waals surface area contributed by atoms with Gasteiger partial charge in [-0.3, -0.25) is 24.0 Å². The molecule has 4 aliphatic carbocycles. The van der Waals surface area contributed by atoms with Crippen LogP contribution in [0.3, 0.4) is 0 Å². The first-order valence-electron chi connectivity index (χ1n) is 15.8. The molecule has 0 aromatic carbocycles. The zero-order valence-electron chi connectivity index (χ0n) is 25.9. The van der Waals surface area contributed by atoms with Gasteiger partial charge < -0.3 is 24.8 Å². The van der Waals surface area contributed by atoms with E-state index in [1.165, 1.54) is 21.0 Å². The van der Waals surface area contributed by atoms with Gasteiger partial charge in [0, 0.05) is 38.1 Å². The van der Waals surface area contributed by atoms with Gasteiger partial charge in [-0.25, -0.2) is 0 Å². The minimum atomic E-state index is -0.734. The van der Waals surface area contributed by atoms with Gasteiger partial charge in [-0.15, -0.1) is 0 Å². The second-order valence-electron chi connectivity index (χ2n) is 14.2. The lowest BCUT2D eigenvalue weighted by Gasteiger charge is -2.64. The number of esters is 3. The molecule has 2 N–H and O–H groups in total. The molecule has 10 heteroatoms. The topological polar surface area (TPSA) is 147 Å². The van der Waals surface area contributed by atoms with E-state index in [-0.39, 0.29) is 82.7 Å². The van der Waals surface area contributed by atoms with Crippen LogP contribution >= 0.6 is 0 Å². The minimum absolute atomic E-state index is 0.0129. The molecule has 5 fully saturated rings. The van der Waals surface area contributed by atoms with Crippen LogP contribution in [-0.2, 0) is 38.2 Å². The first-order valence-corrected chi connectivity index (χ1v) is 15.8. The second-order valence-corrected chi connectivity index (χ2v) is 14.2. The summed E-state index contributed by atoms with van der Waals surface area (Å²) in [7, 11) is 1.39. The van der Waals surface area contributed by atoms with Crippen molar-refractivity contribution in [2.24, 2.45) is 46.3 Å². The van der Waals surface area contributed by atoms with Crippen LogP contribution in [0, 0.1) is 46.3 Å². The summed E-state index contributed by atoms with van der Waals surface area (Å²) in [5.74, 6) is -1.14. The molecule has 1 amide bonds. The Morgan fingerprint density at radius 2 is 1.74 bits per heavy atom. The number of carbonyl (C=O) groups excluding carboxylic acids is 5. The normalized spacial score (nSPS) is 42.7. The maximum atomic E-state index is 14.9. The summed E-state index contributed by atoms with van der Waals surface area (Å²) in [6, 6.07) is -1.01. The summed E-state index contributed by atoms with van der Waals surface area (Å²) in [6.07, 6.45) is 4.71. The molecule has 12 atom stereocenters. The molecule has 1 aliphatic heterocycles. The van der Waals surface area contributed by atoms with E-state index in [1.54, 1.807) is 0 Å². The maximum absolute atomic E-state index is 14.9. The van der Waals surface area contributed by atoms with Crippen molar-refractivity contribution in [3.05, 3.63) is 0 Å². The van der Waals surface area contributed by atoms with Crippen molar-refractivity contribution in [3.8, 4) is 0 Å². The molecule has 0 aromatic rings. The number of rotatable bonds is 8. The highest BCUT2D eigenvalue weighted by molar-refractivity contribution is 5.96. The van der Waals surface area contributed by atoms with Crippen molar-refractivity contribution in [3.63, 3.8) is 0 Å². The monoisotopic (exact) mass is 588 g/mol. The van der Waals surface area contributed by atoms with E-state index in [4.69, 9.17) is 14.2 Å². The van der Waals surface area contributed by atoms with Gasteiger partial charge in [0.05, 0.1) is 19.2 Å². The van der Waals surface area contributed by atoms with Gasteiger partial charge in [-0.1, -0.05) is 20.8 Å². The molecule has 1 heterocycles. The number of ketones is 1. The zero-order valence-corrected chi connectivity index (χ0v) is 25.9. The Labute approximate surface area is 248 Å². The molecule has 1 saturated heterocycles. The molecule has 4 saturated carbocycles. The summed E-state index contributed by atoms with van der Waals surface area (Å²) in [4.78, 5) is 64.5. The molecule has 5 aliphatic rings. The molecule has 1 unspecified atom stereocenters. The lowest BCUT2D eigenvalue weighted by molar-refractivity contribution is -0.203. The Hall–Kier alpha value is -2.49. The molecule has 0 radical (unpaired) electrons. The maximum Gasteiger partial charge on any atom is 0.305 e. The first kappa shape index (κ1) is 31.0. The van der Waals surface area contributed by atoms with Crippen molar-refractivity contribution >= 4 is 29.6 Å². The Bertz CT molecular complexity index is 1120. The molecule has 5 rings (SSSR count). The fourth-order valence-corrected chi connectivity index (χ4v) is 9.95. The number of hydrogen-bond donors (Lipinski definition) is 2. The number of carbonyl (C=O) groups is 5. The highest BCUT2D eigenvalue weighted by Crippen LogP contribution is 2.68. The Kier molecular flexibility index (Phi) is 8.51. The average molecular weight is 589 g/mol. The van der Waals surface area contributed by atoms with E-state index < -0.39 is 17.6 Å². The highest BCUT2D eigenvalue weighted by Gasteiger charge is 2.70. The van der Waals surface area contributed by atoms with E-state index in [1.807, 2.05) is 0 Å². The third kappa shape index (κ3) is 5.37. The Morgan fingerprint density at radius 1 is 1.05 bits per heavy atom. The molecule has 42 heavy (non-hydrogen) atoms. The highest BCUT2D eigenvalue weighted by atomic mass is 16.5. The van der Waals surface area contributed by atoms with E-state index in [9.17, 15) is 24.0 Å². The van der Waals surface area contributed by atoms with Crippen LogP contribution in [0.15, 0.2) is 0 Å². The van der Waals surface area contributed by atoms with Crippen molar-refractivity contribution < 1.29 is 38.2 Å². The van der Waals surface area contributed by atoms with Gasteiger partial charge in [-0.2, -0.15) is 0 Å². The Morgan fingerprint density at radius 3 is 2.36 bits per heavy atom. The fourth-order valence-electron chi connectivity index (χ4n) is 9.95. The summed E-state index contributed by atoms with van der Waals surface area (Å²) >= 11 is 0. The number of ether oxygens (including phenoxy) is 3. The van der Waals surface area contributed by atoms with Crippen LogP contribution in [0.4, 0.5) is 0 Å². The van der Waals surface area contributed by atoms with Crippen LogP contribution in [0.5, 0.6) is 0 Å². The molecule has 0 spiro atoms. The van der Waals surface area contributed by atoms with Crippen molar-refractivity contribution in [1.29, 1.82) is 0 Å². The summed E-state index contributed by atoms with van der Waals surface area (Å²) < 4.78 is 16.6. The van der Waals surface area contributed by atoms with E-state index >= 15 is 0 Å². The number of nitrogens with one attached hydrogen (secondary N) is 2. The van der Waals surface area contributed by atoms with E-state index in [2.05, 4.69) is 31.4 Å². The second kappa shape index (κ2) is 11.5. The number of Topliss-reactive ketones (excluding diaryl/α,β-unsaturated/α-hetero) is 1. The lowest BCUT2D eigenvalue weighted by Crippen LogP contribution is -2.70. The molecule has 0 aromatic heterocycles.